The van der Waals surface area contributed by atoms with Gasteiger partial charge in [-0.3, -0.25) is 0 Å². The van der Waals surface area contributed by atoms with Crippen LogP contribution >= 0.6 is 0 Å². The quantitative estimate of drug-likeness (QED) is 0.161. The third kappa shape index (κ3) is 5.29. The Morgan fingerprint density at radius 2 is 0.729 bits per heavy atom. The standard InChI is InChI=1S/C56H37N3/c1-5-15-38(16-6-1)41-25-33-53-49(35-41)50-36-42(39-17-7-2-8-18-39)26-34-54(50)58(53)44-27-29-45(30-28-44)59-52-24-14-13-23-46(52)47-31-32-48-51(40-19-9-3-10-20-40)37-57(55(48)56(47)59)43-21-11-4-12-22-43/h1-37H. The minimum absolute atomic E-state index is 1.12. The molecular weight excluding hydrogens is 715 g/mol. The second-order valence-corrected chi connectivity index (χ2v) is 15.4. The summed E-state index contributed by atoms with van der Waals surface area (Å²) in [5.74, 6) is 0. The van der Waals surface area contributed by atoms with Crippen molar-refractivity contribution in [3.8, 4) is 50.4 Å². The van der Waals surface area contributed by atoms with Gasteiger partial charge in [-0.15, -0.1) is 0 Å². The first-order valence-corrected chi connectivity index (χ1v) is 20.3. The summed E-state index contributed by atoms with van der Waals surface area (Å²) >= 11 is 0. The highest BCUT2D eigenvalue weighted by molar-refractivity contribution is 6.20. The maximum Gasteiger partial charge on any atom is 0.0788 e. The molecule has 3 nitrogen and oxygen atoms in total. The van der Waals surface area contributed by atoms with Crippen molar-refractivity contribution in [2.24, 2.45) is 0 Å². The third-order valence-corrected chi connectivity index (χ3v) is 12.1. The predicted molar refractivity (Wildman–Crippen MR) is 248 cm³/mol. The van der Waals surface area contributed by atoms with E-state index in [0.717, 1.165) is 17.1 Å². The predicted octanol–water partition coefficient (Wildman–Crippen LogP) is 14.8. The van der Waals surface area contributed by atoms with E-state index in [1.807, 2.05) is 0 Å². The van der Waals surface area contributed by atoms with Crippen molar-refractivity contribution in [2.75, 3.05) is 0 Å². The van der Waals surface area contributed by atoms with E-state index in [1.165, 1.54) is 87.9 Å². The zero-order chi connectivity index (χ0) is 38.9. The summed E-state index contributed by atoms with van der Waals surface area (Å²) in [6.45, 7) is 0. The Bertz CT molecular complexity index is 3400. The lowest BCUT2D eigenvalue weighted by molar-refractivity contribution is 1.11. The lowest BCUT2D eigenvalue weighted by Crippen LogP contribution is -1.99. The van der Waals surface area contributed by atoms with Crippen LogP contribution in [0.1, 0.15) is 0 Å². The highest BCUT2D eigenvalue weighted by Crippen LogP contribution is 2.43. The van der Waals surface area contributed by atoms with Crippen molar-refractivity contribution >= 4 is 54.5 Å². The number of hydrogen-bond acceptors (Lipinski definition) is 0. The van der Waals surface area contributed by atoms with E-state index >= 15 is 0 Å². The van der Waals surface area contributed by atoms with Crippen LogP contribution in [0.15, 0.2) is 225 Å². The average molecular weight is 752 g/mol. The van der Waals surface area contributed by atoms with Crippen molar-refractivity contribution in [3.63, 3.8) is 0 Å². The summed E-state index contributed by atoms with van der Waals surface area (Å²) in [4.78, 5) is 0. The second kappa shape index (κ2) is 13.4. The lowest BCUT2D eigenvalue weighted by atomic mass is 10.0. The summed E-state index contributed by atoms with van der Waals surface area (Å²) in [5.41, 5.74) is 16.6. The number of hydrogen-bond donors (Lipinski definition) is 0. The minimum Gasteiger partial charge on any atom is -0.314 e. The Morgan fingerprint density at radius 1 is 0.254 bits per heavy atom. The molecule has 3 heteroatoms. The highest BCUT2D eigenvalue weighted by Gasteiger charge is 2.21. The third-order valence-electron chi connectivity index (χ3n) is 12.1. The Morgan fingerprint density at radius 3 is 1.32 bits per heavy atom. The van der Waals surface area contributed by atoms with E-state index < -0.39 is 0 Å². The number of rotatable bonds is 6. The van der Waals surface area contributed by atoms with Gasteiger partial charge in [-0.1, -0.05) is 152 Å². The molecule has 0 fully saturated rings. The second-order valence-electron chi connectivity index (χ2n) is 15.4. The molecule has 0 saturated heterocycles. The fourth-order valence-corrected chi connectivity index (χ4v) is 9.35. The van der Waals surface area contributed by atoms with Crippen LogP contribution in [-0.4, -0.2) is 13.7 Å². The van der Waals surface area contributed by atoms with Crippen molar-refractivity contribution in [2.45, 2.75) is 0 Å². The molecule has 0 aliphatic carbocycles. The molecule has 0 bridgehead atoms. The number of fused-ring (bicyclic) bond motifs is 8. The molecule has 3 heterocycles. The monoisotopic (exact) mass is 751 g/mol. The number of para-hydroxylation sites is 2. The van der Waals surface area contributed by atoms with E-state index in [2.05, 4.69) is 238 Å². The molecule has 0 atom stereocenters. The number of aromatic nitrogens is 3. The number of nitrogens with zero attached hydrogens (tertiary/aromatic N) is 3. The molecule has 0 N–H and O–H groups in total. The van der Waals surface area contributed by atoms with Crippen LogP contribution in [0.4, 0.5) is 0 Å². The SMILES string of the molecule is c1ccc(-c2ccc3c(c2)c2cc(-c4ccccc4)ccc2n3-c2ccc(-n3c4ccccc4c4ccc5c(-c6ccccc6)cn(-c6ccccc6)c5c43)cc2)cc1. The van der Waals surface area contributed by atoms with Gasteiger partial charge in [0, 0.05) is 55.8 Å². The molecule has 0 amide bonds. The van der Waals surface area contributed by atoms with Crippen LogP contribution in [0.5, 0.6) is 0 Å². The molecule has 12 aromatic rings. The molecule has 3 aromatic heterocycles. The summed E-state index contributed by atoms with van der Waals surface area (Å²) in [6.07, 6.45) is 2.31. The normalized spacial score (nSPS) is 11.7. The Kier molecular flexibility index (Phi) is 7.54. The van der Waals surface area contributed by atoms with E-state index in [1.54, 1.807) is 0 Å². The van der Waals surface area contributed by atoms with Crippen molar-refractivity contribution in [3.05, 3.63) is 225 Å². The van der Waals surface area contributed by atoms with Gasteiger partial charge in [0.2, 0.25) is 0 Å². The molecule has 276 valence electrons. The fourth-order valence-electron chi connectivity index (χ4n) is 9.35. The Balaban J connectivity index is 1.08. The smallest absolute Gasteiger partial charge is 0.0788 e. The van der Waals surface area contributed by atoms with Gasteiger partial charge in [0.15, 0.2) is 0 Å². The number of benzene rings is 9. The molecule has 9 aromatic carbocycles. The zero-order valence-electron chi connectivity index (χ0n) is 32.2. The summed E-state index contributed by atoms with van der Waals surface area (Å²) in [6, 6.07) is 79.3. The minimum atomic E-state index is 1.12. The van der Waals surface area contributed by atoms with Gasteiger partial charge in [-0.25, -0.2) is 0 Å². The largest absolute Gasteiger partial charge is 0.314 e. The molecule has 12 rings (SSSR count). The van der Waals surface area contributed by atoms with Gasteiger partial charge >= 0.3 is 0 Å². The first-order chi connectivity index (χ1) is 29.3. The first-order valence-electron chi connectivity index (χ1n) is 20.3. The Labute approximate surface area is 341 Å². The molecule has 0 spiro atoms. The van der Waals surface area contributed by atoms with Gasteiger partial charge in [0.1, 0.15) is 0 Å². The molecule has 0 saturated carbocycles. The molecule has 0 aliphatic rings. The van der Waals surface area contributed by atoms with Crippen LogP contribution in [-0.2, 0) is 0 Å². The molecule has 0 unspecified atom stereocenters. The topological polar surface area (TPSA) is 14.8 Å². The van der Waals surface area contributed by atoms with Crippen LogP contribution in [0.3, 0.4) is 0 Å². The van der Waals surface area contributed by atoms with Crippen LogP contribution in [0.2, 0.25) is 0 Å². The van der Waals surface area contributed by atoms with Crippen molar-refractivity contribution < 1.29 is 0 Å². The maximum absolute atomic E-state index is 2.47. The highest BCUT2D eigenvalue weighted by atomic mass is 15.0. The average Bonchev–Trinajstić information content (AvgIpc) is 3.98. The van der Waals surface area contributed by atoms with Crippen LogP contribution in [0, 0.1) is 0 Å². The van der Waals surface area contributed by atoms with E-state index in [-0.39, 0.29) is 0 Å². The van der Waals surface area contributed by atoms with E-state index in [4.69, 9.17) is 0 Å². The first kappa shape index (κ1) is 33.3. The van der Waals surface area contributed by atoms with Crippen LogP contribution < -0.4 is 0 Å². The molecule has 0 aliphatic heterocycles. The van der Waals surface area contributed by atoms with Gasteiger partial charge < -0.3 is 13.7 Å². The maximum atomic E-state index is 2.47. The van der Waals surface area contributed by atoms with Crippen LogP contribution in [0.25, 0.3) is 105 Å². The van der Waals surface area contributed by atoms with Crippen molar-refractivity contribution in [1.29, 1.82) is 0 Å². The van der Waals surface area contributed by atoms with E-state index in [9.17, 15) is 0 Å². The Hall–Kier alpha value is -7.88. The fraction of sp³-hybridized carbons (Fsp3) is 0. The molecular formula is C56H37N3. The lowest BCUT2D eigenvalue weighted by Gasteiger charge is -2.14. The summed E-state index contributed by atoms with van der Waals surface area (Å²) < 4.78 is 7.28. The summed E-state index contributed by atoms with van der Waals surface area (Å²) in [7, 11) is 0. The molecule has 0 radical (unpaired) electrons. The van der Waals surface area contributed by atoms with Crippen molar-refractivity contribution in [1.82, 2.24) is 13.7 Å². The van der Waals surface area contributed by atoms with Gasteiger partial charge in [0.25, 0.3) is 0 Å². The van der Waals surface area contributed by atoms with Gasteiger partial charge in [-0.05, 0) is 94.5 Å². The zero-order valence-corrected chi connectivity index (χ0v) is 32.2. The van der Waals surface area contributed by atoms with Gasteiger partial charge in [0.05, 0.1) is 27.6 Å². The molecule has 59 heavy (non-hydrogen) atoms. The summed E-state index contributed by atoms with van der Waals surface area (Å²) in [5, 5.41) is 6.18. The van der Waals surface area contributed by atoms with Gasteiger partial charge in [-0.2, -0.15) is 0 Å². The van der Waals surface area contributed by atoms with E-state index in [0.29, 0.717) is 0 Å².